The Hall–Kier alpha value is -0.860. The molecule has 0 spiro atoms. The van der Waals surface area contributed by atoms with Gasteiger partial charge in [-0.05, 0) is 22.5 Å². The Labute approximate surface area is 111 Å². The highest BCUT2D eigenvalue weighted by Crippen LogP contribution is 2.25. The molecule has 0 aliphatic heterocycles. The van der Waals surface area contributed by atoms with Crippen LogP contribution in [0, 0.1) is 5.92 Å². The third-order valence-corrected chi connectivity index (χ3v) is 3.76. The summed E-state index contributed by atoms with van der Waals surface area (Å²) in [6.07, 6.45) is 0.617. The van der Waals surface area contributed by atoms with Crippen molar-refractivity contribution in [1.82, 2.24) is 0 Å². The molecule has 18 heavy (non-hydrogen) atoms. The molecular formula is C16H27NO. The number of aliphatic hydroxyl groups is 1. The van der Waals surface area contributed by atoms with Gasteiger partial charge in [-0.3, -0.25) is 0 Å². The van der Waals surface area contributed by atoms with Gasteiger partial charge in [-0.25, -0.2) is 0 Å². The zero-order valence-electron chi connectivity index (χ0n) is 12.3. The average molecular weight is 249 g/mol. The van der Waals surface area contributed by atoms with Gasteiger partial charge in [0, 0.05) is 13.0 Å². The monoisotopic (exact) mass is 249 g/mol. The van der Waals surface area contributed by atoms with Gasteiger partial charge in [-0.2, -0.15) is 0 Å². The second-order valence-corrected chi connectivity index (χ2v) is 6.59. The Morgan fingerprint density at radius 3 is 1.94 bits per heavy atom. The summed E-state index contributed by atoms with van der Waals surface area (Å²) in [6.45, 7) is 10.9. The summed E-state index contributed by atoms with van der Waals surface area (Å²) in [5.41, 5.74) is 7.53. The Morgan fingerprint density at radius 1 is 1.11 bits per heavy atom. The third kappa shape index (κ3) is 3.56. The van der Waals surface area contributed by atoms with Gasteiger partial charge < -0.3 is 10.8 Å². The van der Waals surface area contributed by atoms with Crippen molar-refractivity contribution in [3.05, 3.63) is 35.4 Å². The van der Waals surface area contributed by atoms with Crippen molar-refractivity contribution < 1.29 is 5.11 Å². The van der Waals surface area contributed by atoms with Crippen LogP contribution in [0.15, 0.2) is 24.3 Å². The van der Waals surface area contributed by atoms with Crippen LogP contribution in [0.2, 0.25) is 0 Å². The van der Waals surface area contributed by atoms with Gasteiger partial charge in [0.15, 0.2) is 0 Å². The van der Waals surface area contributed by atoms with E-state index in [2.05, 4.69) is 45.0 Å². The summed E-state index contributed by atoms with van der Waals surface area (Å²) >= 11 is 0. The van der Waals surface area contributed by atoms with Gasteiger partial charge in [0.1, 0.15) is 0 Å². The van der Waals surface area contributed by atoms with Crippen LogP contribution in [0.4, 0.5) is 0 Å². The Balaban J connectivity index is 2.87. The van der Waals surface area contributed by atoms with Crippen LogP contribution in [-0.4, -0.2) is 17.3 Å². The normalized spacial score (nSPS) is 15.8. The molecule has 0 bridgehead atoms. The fourth-order valence-electron chi connectivity index (χ4n) is 1.99. The van der Waals surface area contributed by atoms with Gasteiger partial charge >= 0.3 is 0 Å². The Morgan fingerprint density at radius 2 is 1.61 bits per heavy atom. The van der Waals surface area contributed by atoms with Crippen LogP contribution in [0.25, 0.3) is 0 Å². The predicted molar refractivity (Wildman–Crippen MR) is 77.7 cm³/mol. The van der Waals surface area contributed by atoms with Crippen LogP contribution < -0.4 is 5.73 Å². The van der Waals surface area contributed by atoms with Crippen LogP contribution in [-0.2, 0) is 11.8 Å². The molecule has 1 atom stereocenters. The van der Waals surface area contributed by atoms with Gasteiger partial charge in [-0.1, -0.05) is 58.9 Å². The molecule has 0 radical (unpaired) electrons. The largest absolute Gasteiger partial charge is 0.388 e. The number of hydrogen-bond acceptors (Lipinski definition) is 2. The van der Waals surface area contributed by atoms with Crippen LogP contribution >= 0.6 is 0 Å². The molecular weight excluding hydrogens is 222 g/mol. The minimum absolute atomic E-state index is 0.157. The quantitative estimate of drug-likeness (QED) is 0.862. The highest BCUT2D eigenvalue weighted by atomic mass is 16.3. The van der Waals surface area contributed by atoms with E-state index in [4.69, 9.17) is 5.73 Å². The first-order valence-corrected chi connectivity index (χ1v) is 6.71. The lowest BCUT2D eigenvalue weighted by atomic mass is 9.82. The van der Waals surface area contributed by atoms with Gasteiger partial charge in [0.2, 0.25) is 0 Å². The van der Waals surface area contributed by atoms with E-state index in [1.165, 1.54) is 5.56 Å². The maximum Gasteiger partial charge on any atom is 0.0832 e. The van der Waals surface area contributed by atoms with Crippen molar-refractivity contribution in [3.8, 4) is 0 Å². The third-order valence-electron chi connectivity index (χ3n) is 3.76. The first-order valence-electron chi connectivity index (χ1n) is 6.71. The van der Waals surface area contributed by atoms with Crippen LogP contribution in [0.1, 0.15) is 45.7 Å². The van der Waals surface area contributed by atoms with Gasteiger partial charge in [0.25, 0.3) is 0 Å². The molecule has 1 rings (SSSR count). The zero-order chi connectivity index (χ0) is 14.0. The summed E-state index contributed by atoms with van der Waals surface area (Å²) in [5, 5.41) is 10.5. The predicted octanol–water partition coefficient (Wildman–Crippen LogP) is 2.87. The molecule has 102 valence electrons. The standard InChI is InChI=1S/C16H27NO/c1-12(2)16(18,11-17)10-13-6-8-14(9-7-13)15(3,4)5/h6-9,12,18H,10-11,17H2,1-5H3. The molecule has 1 aromatic rings. The maximum absolute atomic E-state index is 10.5. The molecule has 2 nitrogen and oxygen atoms in total. The van der Waals surface area contributed by atoms with E-state index in [-0.39, 0.29) is 11.3 Å². The van der Waals surface area contributed by atoms with Gasteiger partial charge in [0.05, 0.1) is 5.60 Å². The number of nitrogens with two attached hydrogens (primary N) is 1. The van der Waals surface area contributed by atoms with Crippen molar-refractivity contribution in [2.45, 2.75) is 52.1 Å². The van der Waals surface area contributed by atoms with Gasteiger partial charge in [-0.15, -0.1) is 0 Å². The molecule has 2 heteroatoms. The lowest BCUT2D eigenvalue weighted by Gasteiger charge is -2.31. The molecule has 3 N–H and O–H groups in total. The molecule has 0 saturated heterocycles. The number of rotatable bonds is 4. The highest BCUT2D eigenvalue weighted by molar-refractivity contribution is 5.28. The summed E-state index contributed by atoms with van der Waals surface area (Å²) in [6, 6.07) is 8.49. The Bertz CT molecular complexity index is 375. The molecule has 0 aliphatic carbocycles. The first kappa shape index (κ1) is 15.2. The average Bonchev–Trinajstić information content (AvgIpc) is 2.28. The Kier molecular flexibility index (Phi) is 4.57. The fourth-order valence-corrected chi connectivity index (χ4v) is 1.99. The minimum Gasteiger partial charge on any atom is -0.388 e. The molecule has 1 aromatic carbocycles. The smallest absolute Gasteiger partial charge is 0.0832 e. The molecule has 0 heterocycles. The molecule has 0 saturated carbocycles. The first-order chi connectivity index (χ1) is 8.19. The molecule has 0 amide bonds. The van der Waals surface area contributed by atoms with Crippen LogP contribution in [0.3, 0.4) is 0 Å². The van der Waals surface area contributed by atoms with E-state index >= 15 is 0 Å². The summed E-state index contributed by atoms with van der Waals surface area (Å²) < 4.78 is 0. The van der Waals surface area contributed by atoms with Crippen molar-refractivity contribution in [3.63, 3.8) is 0 Å². The highest BCUT2D eigenvalue weighted by Gasteiger charge is 2.29. The maximum atomic E-state index is 10.5. The molecule has 0 aromatic heterocycles. The fraction of sp³-hybridized carbons (Fsp3) is 0.625. The summed E-state index contributed by atoms with van der Waals surface area (Å²) in [7, 11) is 0. The second kappa shape index (κ2) is 5.41. The molecule has 0 aliphatic rings. The topological polar surface area (TPSA) is 46.2 Å². The molecule has 0 fully saturated rings. The second-order valence-electron chi connectivity index (χ2n) is 6.59. The SMILES string of the molecule is CC(C)C(O)(CN)Cc1ccc(C(C)(C)C)cc1. The zero-order valence-corrected chi connectivity index (χ0v) is 12.3. The number of hydrogen-bond donors (Lipinski definition) is 2. The minimum atomic E-state index is -0.802. The lowest BCUT2D eigenvalue weighted by Crippen LogP contribution is -2.44. The number of benzene rings is 1. The van der Waals surface area contributed by atoms with E-state index in [0.717, 1.165) is 5.56 Å². The lowest BCUT2D eigenvalue weighted by molar-refractivity contribution is 0.00407. The van der Waals surface area contributed by atoms with E-state index in [0.29, 0.717) is 13.0 Å². The van der Waals surface area contributed by atoms with Crippen molar-refractivity contribution >= 4 is 0 Å². The molecule has 1 unspecified atom stereocenters. The van der Waals surface area contributed by atoms with Crippen molar-refractivity contribution in [1.29, 1.82) is 0 Å². The van der Waals surface area contributed by atoms with Crippen LogP contribution in [0.5, 0.6) is 0 Å². The van der Waals surface area contributed by atoms with Crippen molar-refractivity contribution in [2.24, 2.45) is 11.7 Å². The van der Waals surface area contributed by atoms with Crippen molar-refractivity contribution in [2.75, 3.05) is 6.54 Å². The van der Waals surface area contributed by atoms with E-state index < -0.39 is 5.60 Å². The van der Waals surface area contributed by atoms with E-state index in [1.54, 1.807) is 0 Å². The summed E-state index contributed by atoms with van der Waals surface area (Å²) in [4.78, 5) is 0. The van der Waals surface area contributed by atoms with E-state index in [1.807, 2.05) is 13.8 Å². The van der Waals surface area contributed by atoms with E-state index in [9.17, 15) is 5.11 Å². The summed E-state index contributed by atoms with van der Waals surface area (Å²) in [5.74, 6) is 0.157.